The Morgan fingerprint density at radius 3 is 2.87 bits per heavy atom. The van der Waals surface area contributed by atoms with E-state index in [1.807, 2.05) is 6.07 Å². The van der Waals surface area contributed by atoms with Crippen LogP contribution in [0.25, 0.3) is 0 Å². The normalized spacial score (nSPS) is 12.8. The first-order valence-electron chi connectivity index (χ1n) is 5.28. The molecule has 1 nitrogen and oxygen atoms in total. The summed E-state index contributed by atoms with van der Waals surface area (Å²) in [5.74, 6) is 0.289. The number of rotatable bonds is 5. The smallest absolute Gasteiger partial charge is 0.142 e. The van der Waals surface area contributed by atoms with Crippen LogP contribution >= 0.6 is 11.6 Å². The van der Waals surface area contributed by atoms with Crippen molar-refractivity contribution in [3.8, 4) is 0 Å². The molecule has 0 aromatic heterocycles. The van der Waals surface area contributed by atoms with Gasteiger partial charge < -0.3 is 5.32 Å². The zero-order valence-electron chi connectivity index (χ0n) is 9.19. The van der Waals surface area contributed by atoms with Gasteiger partial charge in [-0.15, -0.1) is 0 Å². The van der Waals surface area contributed by atoms with E-state index in [1.54, 1.807) is 6.07 Å². The topological polar surface area (TPSA) is 12.0 Å². The summed E-state index contributed by atoms with van der Waals surface area (Å²) >= 11 is 5.83. The van der Waals surface area contributed by atoms with Crippen molar-refractivity contribution in [1.29, 1.82) is 0 Å². The van der Waals surface area contributed by atoms with Gasteiger partial charge in [-0.1, -0.05) is 44.0 Å². The second-order valence-electron chi connectivity index (χ2n) is 3.86. The molecule has 3 heteroatoms. The van der Waals surface area contributed by atoms with Crippen molar-refractivity contribution in [2.24, 2.45) is 5.92 Å². The SMILES string of the molecule is CCC(C)CNCc1cccc(F)c1Cl. The van der Waals surface area contributed by atoms with Gasteiger partial charge in [-0.05, 0) is 24.1 Å². The van der Waals surface area contributed by atoms with E-state index in [0.29, 0.717) is 12.5 Å². The summed E-state index contributed by atoms with van der Waals surface area (Å²) < 4.78 is 13.1. The van der Waals surface area contributed by atoms with Crippen LogP contribution in [0.3, 0.4) is 0 Å². The van der Waals surface area contributed by atoms with E-state index < -0.39 is 0 Å². The molecule has 0 bridgehead atoms. The van der Waals surface area contributed by atoms with E-state index in [4.69, 9.17) is 11.6 Å². The number of benzene rings is 1. The lowest BCUT2D eigenvalue weighted by atomic mass is 10.1. The van der Waals surface area contributed by atoms with Crippen molar-refractivity contribution in [2.75, 3.05) is 6.54 Å². The summed E-state index contributed by atoms with van der Waals surface area (Å²) in [6.07, 6.45) is 1.14. The molecule has 0 spiro atoms. The third kappa shape index (κ3) is 3.80. The summed E-state index contributed by atoms with van der Waals surface area (Å²) in [5.41, 5.74) is 0.819. The van der Waals surface area contributed by atoms with Gasteiger partial charge in [0.25, 0.3) is 0 Å². The van der Waals surface area contributed by atoms with Crippen molar-refractivity contribution in [2.45, 2.75) is 26.8 Å². The molecule has 1 rings (SSSR count). The predicted molar refractivity (Wildman–Crippen MR) is 62.6 cm³/mol. The highest BCUT2D eigenvalue weighted by Gasteiger charge is 2.05. The van der Waals surface area contributed by atoms with Crippen LogP contribution < -0.4 is 5.32 Å². The van der Waals surface area contributed by atoms with Crippen LogP contribution in [0.4, 0.5) is 4.39 Å². The molecule has 0 aliphatic carbocycles. The van der Waals surface area contributed by atoms with E-state index in [0.717, 1.165) is 18.5 Å². The number of halogens is 2. The Morgan fingerprint density at radius 1 is 1.47 bits per heavy atom. The summed E-state index contributed by atoms with van der Waals surface area (Å²) in [6.45, 7) is 5.89. The van der Waals surface area contributed by atoms with Crippen LogP contribution in [0.2, 0.25) is 5.02 Å². The zero-order chi connectivity index (χ0) is 11.3. The Labute approximate surface area is 95.6 Å². The highest BCUT2D eigenvalue weighted by Crippen LogP contribution is 2.19. The second-order valence-corrected chi connectivity index (χ2v) is 4.24. The average molecular weight is 230 g/mol. The van der Waals surface area contributed by atoms with E-state index in [2.05, 4.69) is 19.2 Å². The Balaban J connectivity index is 2.47. The third-order valence-electron chi connectivity index (χ3n) is 2.54. The lowest BCUT2D eigenvalue weighted by Gasteiger charge is -2.11. The fraction of sp³-hybridized carbons (Fsp3) is 0.500. The first kappa shape index (κ1) is 12.5. The van der Waals surface area contributed by atoms with Crippen molar-refractivity contribution >= 4 is 11.6 Å². The van der Waals surface area contributed by atoms with E-state index in [-0.39, 0.29) is 10.8 Å². The van der Waals surface area contributed by atoms with Gasteiger partial charge in [0.1, 0.15) is 5.82 Å². The Hall–Kier alpha value is -0.600. The Bertz CT molecular complexity index is 314. The van der Waals surface area contributed by atoms with Crippen molar-refractivity contribution in [1.82, 2.24) is 5.32 Å². The van der Waals surface area contributed by atoms with Gasteiger partial charge in [0, 0.05) is 6.54 Å². The van der Waals surface area contributed by atoms with Crippen LogP contribution in [0.15, 0.2) is 18.2 Å². The molecule has 1 aromatic rings. The van der Waals surface area contributed by atoms with E-state index in [9.17, 15) is 4.39 Å². The minimum absolute atomic E-state index is 0.231. The van der Waals surface area contributed by atoms with E-state index in [1.165, 1.54) is 6.07 Å². The average Bonchev–Trinajstić information content (AvgIpc) is 2.24. The molecule has 0 saturated heterocycles. The van der Waals surface area contributed by atoms with Crippen LogP contribution in [-0.4, -0.2) is 6.54 Å². The molecular formula is C12H17ClFN. The molecule has 1 aromatic carbocycles. The molecule has 0 amide bonds. The number of hydrogen-bond acceptors (Lipinski definition) is 1. The van der Waals surface area contributed by atoms with Crippen LogP contribution in [0, 0.1) is 11.7 Å². The molecule has 1 N–H and O–H groups in total. The number of hydrogen-bond donors (Lipinski definition) is 1. The Kier molecular flexibility index (Phi) is 5.06. The molecule has 0 radical (unpaired) electrons. The van der Waals surface area contributed by atoms with Gasteiger partial charge in [0.05, 0.1) is 5.02 Å². The Morgan fingerprint density at radius 2 is 2.20 bits per heavy atom. The van der Waals surface area contributed by atoms with Crippen molar-refractivity contribution < 1.29 is 4.39 Å². The lowest BCUT2D eigenvalue weighted by molar-refractivity contribution is 0.499. The van der Waals surface area contributed by atoms with Gasteiger partial charge in [-0.3, -0.25) is 0 Å². The van der Waals surface area contributed by atoms with E-state index >= 15 is 0 Å². The zero-order valence-corrected chi connectivity index (χ0v) is 9.94. The van der Waals surface area contributed by atoms with Crippen LogP contribution in [0.5, 0.6) is 0 Å². The standard InChI is InChI=1S/C12H17ClFN/c1-3-9(2)7-15-8-10-5-4-6-11(14)12(10)13/h4-6,9,15H,3,7-8H2,1-2H3. The molecule has 15 heavy (non-hydrogen) atoms. The molecule has 1 unspecified atom stereocenters. The predicted octanol–water partition coefficient (Wildman–Crippen LogP) is 3.61. The van der Waals surface area contributed by atoms with Crippen LogP contribution in [-0.2, 0) is 6.54 Å². The summed E-state index contributed by atoms with van der Waals surface area (Å²) in [6, 6.07) is 4.90. The minimum Gasteiger partial charge on any atom is -0.312 e. The third-order valence-corrected chi connectivity index (χ3v) is 2.96. The molecule has 0 aliphatic heterocycles. The van der Waals surface area contributed by atoms with Crippen molar-refractivity contribution in [3.63, 3.8) is 0 Å². The maximum atomic E-state index is 13.1. The highest BCUT2D eigenvalue weighted by atomic mass is 35.5. The molecule has 0 fully saturated rings. The summed E-state index contributed by atoms with van der Waals surface area (Å²) in [4.78, 5) is 0. The highest BCUT2D eigenvalue weighted by molar-refractivity contribution is 6.31. The van der Waals surface area contributed by atoms with Gasteiger partial charge in [-0.2, -0.15) is 0 Å². The van der Waals surface area contributed by atoms with Gasteiger partial charge >= 0.3 is 0 Å². The number of nitrogens with one attached hydrogen (secondary N) is 1. The summed E-state index contributed by atoms with van der Waals surface area (Å²) in [7, 11) is 0. The minimum atomic E-state index is -0.348. The monoisotopic (exact) mass is 229 g/mol. The quantitative estimate of drug-likeness (QED) is 0.813. The van der Waals surface area contributed by atoms with Gasteiger partial charge in [-0.25, -0.2) is 4.39 Å². The van der Waals surface area contributed by atoms with Crippen molar-refractivity contribution in [3.05, 3.63) is 34.6 Å². The molecular weight excluding hydrogens is 213 g/mol. The second kappa shape index (κ2) is 6.09. The summed E-state index contributed by atoms with van der Waals surface area (Å²) in [5, 5.41) is 3.50. The molecule has 1 atom stereocenters. The largest absolute Gasteiger partial charge is 0.312 e. The molecule has 84 valence electrons. The lowest BCUT2D eigenvalue weighted by Crippen LogP contribution is -2.20. The molecule has 0 aliphatic rings. The maximum absolute atomic E-state index is 13.1. The first-order chi connectivity index (χ1) is 7.15. The van der Waals surface area contributed by atoms with Gasteiger partial charge in [0.15, 0.2) is 0 Å². The molecule has 0 heterocycles. The van der Waals surface area contributed by atoms with Crippen LogP contribution in [0.1, 0.15) is 25.8 Å². The first-order valence-corrected chi connectivity index (χ1v) is 5.66. The fourth-order valence-corrected chi connectivity index (χ4v) is 1.48. The van der Waals surface area contributed by atoms with Gasteiger partial charge in [0.2, 0.25) is 0 Å². The molecule has 0 saturated carbocycles. The fourth-order valence-electron chi connectivity index (χ4n) is 1.28. The maximum Gasteiger partial charge on any atom is 0.142 e.